The van der Waals surface area contributed by atoms with Crippen molar-refractivity contribution in [2.75, 3.05) is 18.8 Å². The summed E-state index contributed by atoms with van der Waals surface area (Å²) in [6.45, 7) is 2.93. The minimum atomic E-state index is -0.156. The number of imidazole rings is 1. The van der Waals surface area contributed by atoms with Crippen molar-refractivity contribution in [2.24, 2.45) is 5.92 Å². The van der Waals surface area contributed by atoms with Crippen molar-refractivity contribution in [3.05, 3.63) is 24.5 Å². The monoisotopic (exact) mass is 386 g/mol. The summed E-state index contributed by atoms with van der Waals surface area (Å²) in [5.74, 6) is 0.736. The third-order valence-electron chi connectivity index (χ3n) is 4.90. The number of aryl methyl sites for hydroxylation is 1. The van der Waals surface area contributed by atoms with Crippen LogP contribution in [0.3, 0.4) is 0 Å². The molecule has 3 heterocycles. The number of aromatic nitrogens is 4. The van der Waals surface area contributed by atoms with Crippen LogP contribution in [0.1, 0.15) is 19.3 Å². The smallest absolute Gasteiger partial charge is 0.175 e. The summed E-state index contributed by atoms with van der Waals surface area (Å²) in [6, 6.07) is 4.73. The number of rotatable bonds is 5. The van der Waals surface area contributed by atoms with E-state index < -0.39 is 0 Å². The molecule has 4 rings (SSSR count). The summed E-state index contributed by atoms with van der Waals surface area (Å²) in [5.41, 5.74) is 7.31. The highest BCUT2D eigenvalue weighted by atomic mass is 32.2. The molecule has 3 aromatic rings. The molecule has 8 nitrogen and oxygen atoms in total. The van der Waals surface area contributed by atoms with Gasteiger partial charge in [-0.05, 0) is 56.5 Å². The SMILES string of the molecule is Nc1ncnc2c1nc(Sc1ccc(O)c(O)c1)n2CCC1CCNCC1. The van der Waals surface area contributed by atoms with Crippen LogP contribution in [0.25, 0.3) is 11.2 Å². The number of phenolic OH excluding ortho intramolecular Hbond substituents is 2. The van der Waals surface area contributed by atoms with Crippen molar-refractivity contribution >= 4 is 28.7 Å². The number of nitrogen functional groups attached to an aromatic ring is 1. The number of nitrogens with two attached hydrogens (primary N) is 1. The second-order valence-electron chi connectivity index (χ2n) is 6.71. The Kier molecular flexibility index (Phi) is 5.04. The fourth-order valence-electron chi connectivity index (χ4n) is 3.37. The van der Waals surface area contributed by atoms with Crippen LogP contribution in [0.4, 0.5) is 5.82 Å². The van der Waals surface area contributed by atoms with Crippen molar-refractivity contribution in [1.82, 2.24) is 24.8 Å². The van der Waals surface area contributed by atoms with Gasteiger partial charge in [-0.3, -0.25) is 0 Å². The molecule has 1 aliphatic rings. The maximum absolute atomic E-state index is 9.77. The van der Waals surface area contributed by atoms with Gasteiger partial charge in [-0.2, -0.15) is 0 Å². The van der Waals surface area contributed by atoms with E-state index in [1.54, 1.807) is 6.07 Å². The molecule has 5 N–H and O–H groups in total. The molecular weight excluding hydrogens is 364 g/mol. The molecule has 0 unspecified atom stereocenters. The lowest BCUT2D eigenvalue weighted by Gasteiger charge is -2.22. The normalized spacial score (nSPS) is 15.4. The average Bonchev–Trinajstić information content (AvgIpc) is 3.02. The molecule has 0 atom stereocenters. The highest BCUT2D eigenvalue weighted by Crippen LogP contribution is 2.35. The zero-order chi connectivity index (χ0) is 18.8. The first kappa shape index (κ1) is 17.9. The molecule has 2 aromatic heterocycles. The van der Waals surface area contributed by atoms with Crippen LogP contribution in [0, 0.1) is 5.92 Å². The highest BCUT2D eigenvalue weighted by molar-refractivity contribution is 7.99. The van der Waals surface area contributed by atoms with E-state index in [1.165, 1.54) is 43.1 Å². The lowest BCUT2D eigenvalue weighted by atomic mass is 9.95. The van der Waals surface area contributed by atoms with E-state index in [4.69, 9.17) is 5.73 Å². The van der Waals surface area contributed by atoms with Crippen LogP contribution in [0.2, 0.25) is 0 Å². The van der Waals surface area contributed by atoms with E-state index in [0.29, 0.717) is 17.3 Å². The van der Waals surface area contributed by atoms with Gasteiger partial charge in [0.15, 0.2) is 33.6 Å². The van der Waals surface area contributed by atoms with E-state index in [-0.39, 0.29) is 11.5 Å². The number of anilines is 1. The van der Waals surface area contributed by atoms with Gasteiger partial charge < -0.3 is 25.8 Å². The van der Waals surface area contributed by atoms with Gasteiger partial charge in [0.05, 0.1) is 0 Å². The molecule has 27 heavy (non-hydrogen) atoms. The Bertz CT molecular complexity index is 954. The first-order valence-corrected chi connectivity index (χ1v) is 9.80. The molecule has 0 aliphatic carbocycles. The number of nitrogens with one attached hydrogen (secondary N) is 1. The molecule has 0 bridgehead atoms. The summed E-state index contributed by atoms with van der Waals surface area (Å²) in [7, 11) is 0. The molecule has 1 saturated heterocycles. The van der Waals surface area contributed by atoms with Crippen molar-refractivity contribution in [3.8, 4) is 11.5 Å². The van der Waals surface area contributed by atoms with Crippen molar-refractivity contribution in [2.45, 2.75) is 35.9 Å². The molecule has 0 spiro atoms. The first-order chi connectivity index (χ1) is 13.1. The number of hydrogen-bond donors (Lipinski definition) is 4. The van der Waals surface area contributed by atoms with E-state index in [2.05, 4.69) is 24.8 Å². The second-order valence-corrected chi connectivity index (χ2v) is 7.75. The van der Waals surface area contributed by atoms with Gasteiger partial charge in [0.1, 0.15) is 6.33 Å². The maximum atomic E-state index is 9.77. The van der Waals surface area contributed by atoms with Gasteiger partial charge in [-0.1, -0.05) is 11.8 Å². The molecule has 1 aromatic carbocycles. The number of benzene rings is 1. The van der Waals surface area contributed by atoms with Crippen molar-refractivity contribution in [1.29, 1.82) is 0 Å². The molecule has 142 valence electrons. The average molecular weight is 386 g/mol. The van der Waals surface area contributed by atoms with Crippen molar-refractivity contribution in [3.63, 3.8) is 0 Å². The Morgan fingerprint density at radius 2 is 2.00 bits per heavy atom. The number of phenols is 2. The van der Waals surface area contributed by atoms with Gasteiger partial charge >= 0.3 is 0 Å². The predicted octanol–water partition coefficient (Wildman–Crippen LogP) is 2.36. The minimum absolute atomic E-state index is 0.145. The largest absolute Gasteiger partial charge is 0.504 e. The van der Waals surface area contributed by atoms with Crippen molar-refractivity contribution < 1.29 is 10.2 Å². The van der Waals surface area contributed by atoms with Gasteiger partial charge in [0.2, 0.25) is 0 Å². The minimum Gasteiger partial charge on any atom is -0.504 e. The molecule has 0 saturated carbocycles. The summed E-state index contributed by atoms with van der Waals surface area (Å²) in [6.07, 6.45) is 4.86. The van der Waals surface area contributed by atoms with Gasteiger partial charge in [0.25, 0.3) is 0 Å². The number of aromatic hydroxyl groups is 2. The lowest BCUT2D eigenvalue weighted by Crippen LogP contribution is -2.28. The Morgan fingerprint density at radius 3 is 2.78 bits per heavy atom. The number of hydrogen-bond acceptors (Lipinski definition) is 8. The molecule has 1 aliphatic heterocycles. The summed E-state index contributed by atoms with van der Waals surface area (Å²) in [5, 5.41) is 23.4. The van der Waals surface area contributed by atoms with E-state index >= 15 is 0 Å². The Balaban J connectivity index is 1.65. The van der Waals surface area contributed by atoms with E-state index in [0.717, 1.165) is 41.8 Å². The number of piperidine rings is 1. The zero-order valence-electron chi connectivity index (χ0n) is 14.8. The third-order valence-corrected chi connectivity index (χ3v) is 5.88. The molecule has 0 amide bonds. The molecule has 1 fully saturated rings. The van der Waals surface area contributed by atoms with Gasteiger partial charge in [-0.25, -0.2) is 15.0 Å². The topological polar surface area (TPSA) is 122 Å². The van der Waals surface area contributed by atoms with Crippen LogP contribution in [-0.2, 0) is 6.54 Å². The lowest BCUT2D eigenvalue weighted by molar-refractivity contribution is 0.335. The maximum Gasteiger partial charge on any atom is 0.175 e. The second kappa shape index (κ2) is 7.61. The van der Waals surface area contributed by atoms with Gasteiger partial charge in [0, 0.05) is 11.4 Å². The summed E-state index contributed by atoms with van der Waals surface area (Å²) >= 11 is 1.40. The standard InChI is InChI=1S/C18H22N6O2S/c19-16-15-17(22-10-21-16)24(8-5-11-3-6-20-7-4-11)18(23-15)27-12-1-2-13(25)14(26)9-12/h1-2,9-11,20,25-26H,3-8H2,(H2,19,21,22). The third kappa shape index (κ3) is 3.79. The van der Waals surface area contributed by atoms with Crippen LogP contribution in [0.5, 0.6) is 11.5 Å². The molecule has 0 radical (unpaired) electrons. The van der Waals surface area contributed by atoms with Crippen LogP contribution in [-0.4, -0.2) is 42.8 Å². The van der Waals surface area contributed by atoms with Crippen LogP contribution < -0.4 is 11.1 Å². The number of fused-ring (bicyclic) bond motifs is 1. The fraction of sp³-hybridized carbons (Fsp3) is 0.389. The number of nitrogens with zero attached hydrogens (tertiary/aromatic N) is 4. The molecule has 9 heteroatoms. The summed E-state index contributed by atoms with van der Waals surface area (Å²) < 4.78 is 2.07. The molecular formula is C18H22N6O2S. The highest BCUT2D eigenvalue weighted by Gasteiger charge is 2.19. The zero-order valence-corrected chi connectivity index (χ0v) is 15.6. The van der Waals surface area contributed by atoms with E-state index in [1.807, 2.05) is 0 Å². The van der Waals surface area contributed by atoms with Crippen LogP contribution >= 0.6 is 11.8 Å². The van der Waals surface area contributed by atoms with E-state index in [9.17, 15) is 10.2 Å². The Hall–Kier alpha value is -2.52. The Morgan fingerprint density at radius 1 is 1.19 bits per heavy atom. The van der Waals surface area contributed by atoms with Crippen LogP contribution in [0.15, 0.2) is 34.6 Å². The quantitative estimate of drug-likeness (QED) is 0.493. The fourth-order valence-corrected chi connectivity index (χ4v) is 4.31. The first-order valence-electron chi connectivity index (χ1n) is 8.99. The van der Waals surface area contributed by atoms with Gasteiger partial charge in [-0.15, -0.1) is 0 Å². The predicted molar refractivity (Wildman–Crippen MR) is 104 cm³/mol. The Labute approximate surface area is 160 Å². The summed E-state index contributed by atoms with van der Waals surface area (Å²) in [4.78, 5) is 13.9.